The Kier molecular flexibility index (Phi) is 25.8. The summed E-state index contributed by atoms with van der Waals surface area (Å²) in [5.74, 6) is 2.42. The van der Waals surface area contributed by atoms with Crippen LogP contribution >= 0.6 is 0 Å². The van der Waals surface area contributed by atoms with E-state index in [4.69, 9.17) is 19.4 Å². The molecule has 58 heavy (non-hydrogen) atoms. The van der Waals surface area contributed by atoms with Crippen LogP contribution in [0.15, 0.2) is 0 Å². The van der Waals surface area contributed by atoms with E-state index in [9.17, 15) is 29.1 Å². The molecule has 8 unspecified atom stereocenters. The summed E-state index contributed by atoms with van der Waals surface area (Å²) in [4.78, 5) is 64.5. The summed E-state index contributed by atoms with van der Waals surface area (Å²) in [6, 6.07) is 0. The van der Waals surface area contributed by atoms with Crippen molar-refractivity contribution in [3.05, 3.63) is 0 Å². The summed E-state index contributed by atoms with van der Waals surface area (Å²) >= 11 is 0. The lowest BCUT2D eigenvalue weighted by atomic mass is 9.79. The van der Waals surface area contributed by atoms with E-state index in [1.807, 2.05) is 13.8 Å². The normalized spacial score (nSPS) is 32.2. The summed E-state index contributed by atoms with van der Waals surface area (Å²) in [6.07, 6.45) is 19.3. The fourth-order valence-corrected chi connectivity index (χ4v) is 10.2. The number of rotatable bonds is 9. The first-order chi connectivity index (χ1) is 27.6. The minimum atomic E-state index is -0.833. The van der Waals surface area contributed by atoms with E-state index >= 15 is 0 Å². The van der Waals surface area contributed by atoms with Gasteiger partial charge in [-0.3, -0.25) is 28.8 Å². The van der Waals surface area contributed by atoms with Gasteiger partial charge in [0.1, 0.15) is 0 Å². The molecule has 0 saturated heterocycles. The molecule has 336 valence electrons. The number of methoxy groups -OCH3 is 2. The number of ether oxygens (including phenoxy) is 4. The third-order valence-corrected chi connectivity index (χ3v) is 13.7. The van der Waals surface area contributed by atoms with Gasteiger partial charge in [-0.1, -0.05) is 73.1 Å². The van der Waals surface area contributed by atoms with Gasteiger partial charge >= 0.3 is 29.8 Å². The second-order valence-electron chi connectivity index (χ2n) is 17.2. The predicted molar refractivity (Wildman–Crippen MR) is 222 cm³/mol. The van der Waals surface area contributed by atoms with Crippen molar-refractivity contribution in [2.45, 2.75) is 158 Å². The summed E-state index contributed by atoms with van der Waals surface area (Å²) in [6.45, 7) is 15.8. The highest BCUT2D eigenvalue weighted by molar-refractivity contribution is 5.82. The van der Waals surface area contributed by atoms with Crippen molar-refractivity contribution in [1.29, 1.82) is 0 Å². The molecule has 4 bridgehead atoms. The summed E-state index contributed by atoms with van der Waals surface area (Å²) in [5, 5.41) is 16.8. The second-order valence-corrected chi connectivity index (χ2v) is 17.2. The Hall–Kier alpha value is -3.18. The quantitative estimate of drug-likeness (QED) is 0.166. The van der Waals surface area contributed by atoms with E-state index in [1.165, 1.54) is 98.7 Å². The number of carboxylic acids is 2. The van der Waals surface area contributed by atoms with Gasteiger partial charge in [-0.15, -0.1) is 0 Å². The van der Waals surface area contributed by atoms with Crippen molar-refractivity contribution in [3.63, 3.8) is 0 Å². The molecule has 12 heteroatoms. The first kappa shape index (κ1) is 52.8. The lowest BCUT2D eigenvalue weighted by Crippen LogP contribution is -2.36. The molecular formula is C46H80O12. The van der Waals surface area contributed by atoms with Crippen LogP contribution in [0.2, 0.25) is 0 Å². The van der Waals surface area contributed by atoms with Crippen LogP contribution in [0.4, 0.5) is 0 Å². The van der Waals surface area contributed by atoms with E-state index in [-0.39, 0.29) is 47.5 Å². The topological polar surface area (TPSA) is 180 Å². The van der Waals surface area contributed by atoms with Gasteiger partial charge in [0.2, 0.25) is 0 Å². The average molecular weight is 825 g/mol. The standard InChI is InChI=1S/C18H28O4.C18H30O2.2C3H6O2.C2H4O2.C2H6/c1-2-11-3-5-12(6-4-11)10-22-18(21)16-14-8-7-13(9-14)15(16)17(19)20;1-3-13-4-6-14(7-5-13)11-20-18(19)17-12(2)15-8-9-16(17)10-15;2*1-3(4)5-2;1-2(3)4;1-2/h11-16H,2-10H2,1H3,(H,19,20);12-17H,3-11H2,1-2H3;2*1-2H3;1H3,(H,3,4);1-2H3. The summed E-state index contributed by atoms with van der Waals surface area (Å²) in [7, 11) is 2.70. The van der Waals surface area contributed by atoms with Gasteiger partial charge in [-0.2, -0.15) is 0 Å². The highest BCUT2D eigenvalue weighted by atomic mass is 16.5. The van der Waals surface area contributed by atoms with Gasteiger partial charge in [0, 0.05) is 20.8 Å². The molecule has 2 N–H and O–H groups in total. The van der Waals surface area contributed by atoms with E-state index < -0.39 is 17.9 Å². The molecular weight excluding hydrogens is 744 g/mol. The zero-order valence-electron chi connectivity index (χ0n) is 37.6. The van der Waals surface area contributed by atoms with E-state index in [0.29, 0.717) is 36.9 Å². The number of esters is 4. The van der Waals surface area contributed by atoms with Crippen molar-refractivity contribution in [1.82, 2.24) is 0 Å². The Bertz CT molecular complexity index is 1210. The predicted octanol–water partition coefficient (Wildman–Crippen LogP) is 9.40. The molecule has 6 aliphatic carbocycles. The van der Waals surface area contributed by atoms with Crippen LogP contribution in [-0.4, -0.2) is 73.5 Å². The van der Waals surface area contributed by atoms with E-state index in [0.717, 1.165) is 56.8 Å². The Balaban J connectivity index is 0.000000426. The molecule has 6 rings (SSSR count). The lowest BCUT2D eigenvalue weighted by molar-refractivity contribution is -0.161. The zero-order chi connectivity index (χ0) is 43.9. The molecule has 0 aliphatic heterocycles. The fraction of sp³-hybridized carbons (Fsp3) is 0.870. The van der Waals surface area contributed by atoms with Crippen molar-refractivity contribution >= 4 is 35.8 Å². The molecule has 0 aromatic heterocycles. The van der Waals surface area contributed by atoms with Crippen molar-refractivity contribution in [3.8, 4) is 0 Å². The molecule has 0 aromatic rings. The van der Waals surface area contributed by atoms with Gasteiger partial charge in [-0.05, 0) is 117 Å². The third kappa shape index (κ3) is 18.0. The van der Waals surface area contributed by atoms with Crippen LogP contribution in [0, 0.1) is 71.0 Å². The molecule has 0 heterocycles. The molecule has 0 amide bonds. The Labute approximate surface area is 349 Å². The van der Waals surface area contributed by atoms with Gasteiger partial charge in [-0.25, -0.2) is 0 Å². The fourth-order valence-electron chi connectivity index (χ4n) is 10.2. The molecule has 6 aliphatic rings. The van der Waals surface area contributed by atoms with Crippen LogP contribution in [0.1, 0.15) is 158 Å². The van der Waals surface area contributed by atoms with Crippen molar-refractivity contribution < 1.29 is 57.9 Å². The summed E-state index contributed by atoms with van der Waals surface area (Å²) in [5.41, 5.74) is 0. The minimum absolute atomic E-state index is 0.127. The maximum atomic E-state index is 12.4. The molecule has 6 saturated carbocycles. The largest absolute Gasteiger partial charge is 0.481 e. The molecule has 0 aromatic carbocycles. The van der Waals surface area contributed by atoms with Crippen molar-refractivity contribution in [2.75, 3.05) is 27.4 Å². The van der Waals surface area contributed by atoms with E-state index in [2.05, 4.69) is 30.2 Å². The SMILES string of the molecule is CC.CC(=O)O.CCC1CCC(COC(=O)C2C3CCC(C3)C2C(=O)O)CC1.CCC1CCC(COC(=O)C2C3CCC(C3)C2C)CC1.COC(C)=O.COC(C)=O. The minimum Gasteiger partial charge on any atom is -0.481 e. The Morgan fingerprint density at radius 1 is 0.500 bits per heavy atom. The number of hydrogen-bond acceptors (Lipinski definition) is 10. The van der Waals surface area contributed by atoms with Crippen LogP contribution in [-0.2, 0) is 47.7 Å². The maximum Gasteiger partial charge on any atom is 0.310 e. The van der Waals surface area contributed by atoms with Gasteiger partial charge in [0.05, 0.1) is 45.2 Å². The van der Waals surface area contributed by atoms with Gasteiger partial charge < -0.3 is 29.2 Å². The number of carboxylic acid groups (broad SMARTS) is 2. The second kappa shape index (κ2) is 28.3. The number of aliphatic carboxylic acids is 2. The highest BCUT2D eigenvalue weighted by Crippen LogP contribution is 2.53. The first-order valence-electron chi connectivity index (χ1n) is 22.4. The van der Waals surface area contributed by atoms with Crippen molar-refractivity contribution in [2.24, 2.45) is 71.0 Å². The number of carbonyl (C=O) groups is 6. The van der Waals surface area contributed by atoms with Gasteiger partial charge in [0.25, 0.3) is 5.97 Å². The van der Waals surface area contributed by atoms with Crippen LogP contribution in [0.5, 0.6) is 0 Å². The third-order valence-electron chi connectivity index (χ3n) is 13.7. The van der Waals surface area contributed by atoms with Crippen LogP contribution < -0.4 is 0 Å². The van der Waals surface area contributed by atoms with Crippen LogP contribution in [0.25, 0.3) is 0 Å². The van der Waals surface area contributed by atoms with Gasteiger partial charge in [0.15, 0.2) is 0 Å². The number of fused-ring (bicyclic) bond motifs is 4. The summed E-state index contributed by atoms with van der Waals surface area (Å²) < 4.78 is 19.5. The van der Waals surface area contributed by atoms with E-state index in [1.54, 1.807) is 0 Å². The number of hydrogen-bond donors (Lipinski definition) is 2. The number of carbonyl (C=O) groups excluding carboxylic acids is 4. The average Bonchev–Trinajstić information content (AvgIpc) is 4.03. The highest BCUT2D eigenvalue weighted by Gasteiger charge is 2.55. The molecule has 0 spiro atoms. The Morgan fingerprint density at radius 3 is 1.10 bits per heavy atom. The Morgan fingerprint density at radius 2 is 0.793 bits per heavy atom. The lowest BCUT2D eigenvalue weighted by Gasteiger charge is -2.29. The maximum absolute atomic E-state index is 12.4. The molecule has 6 fully saturated rings. The molecule has 0 radical (unpaired) electrons. The molecule has 8 atom stereocenters. The monoisotopic (exact) mass is 825 g/mol. The molecule has 12 nitrogen and oxygen atoms in total. The van der Waals surface area contributed by atoms with Crippen LogP contribution in [0.3, 0.4) is 0 Å². The first-order valence-corrected chi connectivity index (χ1v) is 22.4. The zero-order valence-corrected chi connectivity index (χ0v) is 37.6. The smallest absolute Gasteiger partial charge is 0.310 e.